The molecule has 0 unspecified atom stereocenters. The van der Waals surface area contributed by atoms with E-state index in [0.29, 0.717) is 22.9 Å². The van der Waals surface area contributed by atoms with Crippen LogP contribution in [0, 0.1) is 0 Å². The fourth-order valence-corrected chi connectivity index (χ4v) is 2.99. The average molecular weight is 392 g/mol. The zero-order chi connectivity index (χ0) is 19.2. The van der Waals surface area contributed by atoms with Crippen LogP contribution in [0.1, 0.15) is 20.8 Å². The second-order valence-electron chi connectivity index (χ2n) is 6.18. The molecule has 1 saturated heterocycles. The van der Waals surface area contributed by atoms with Gasteiger partial charge in [-0.05, 0) is 12.1 Å². The monoisotopic (exact) mass is 391 g/mol. The Morgan fingerprint density at radius 2 is 1.96 bits per heavy atom. The van der Waals surface area contributed by atoms with Crippen LogP contribution in [0.25, 0.3) is 0 Å². The molecule has 0 bridgehead atoms. The minimum absolute atomic E-state index is 0.244. The lowest BCUT2D eigenvalue weighted by atomic mass is 10.2. The molecule has 1 aromatic heterocycles. The minimum atomic E-state index is -0.358. The maximum atomic E-state index is 12.4. The molecule has 0 radical (unpaired) electrons. The Morgan fingerprint density at radius 3 is 2.70 bits per heavy atom. The molecule has 2 heterocycles. The van der Waals surface area contributed by atoms with Crippen molar-refractivity contribution in [2.24, 2.45) is 7.05 Å². The van der Waals surface area contributed by atoms with Crippen molar-refractivity contribution in [3.63, 3.8) is 0 Å². The molecule has 2 N–H and O–H groups in total. The van der Waals surface area contributed by atoms with Crippen LogP contribution in [0.4, 0.5) is 5.82 Å². The fourth-order valence-electron chi connectivity index (χ4n) is 2.77. The topological polar surface area (TPSA) is 88.5 Å². The van der Waals surface area contributed by atoms with Gasteiger partial charge < -0.3 is 15.4 Å². The van der Waals surface area contributed by atoms with Crippen molar-refractivity contribution in [3.05, 3.63) is 46.6 Å². The highest BCUT2D eigenvalue weighted by atomic mass is 35.5. The zero-order valence-corrected chi connectivity index (χ0v) is 15.8. The maximum absolute atomic E-state index is 12.4. The molecule has 144 valence electrons. The van der Waals surface area contributed by atoms with Crippen molar-refractivity contribution in [3.8, 4) is 0 Å². The van der Waals surface area contributed by atoms with E-state index in [9.17, 15) is 9.59 Å². The minimum Gasteiger partial charge on any atom is -0.379 e. The third-order valence-corrected chi connectivity index (χ3v) is 4.62. The van der Waals surface area contributed by atoms with Crippen LogP contribution in [0.15, 0.2) is 30.3 Å². The van der Waals surface area contributed by atoms with Gasteiger partial charge in [0.15, 0.2) is 5.69 Å². The highest BCUT2D eigenvalue weighted by molar-refractivity contribution is 6.34. The first kappa shape index (κ1) is 19.3. The highest BCUT2D eigenvalue weighted by Gasteiger charge is 2.17. The van der Waals surface area contributed by atoms with Crippen molar-refractivity contribution >= 4 is 29.2 Å². The van der Waals surface area contributed by atoms with Gasteiger partial charge in [0.25, 0.3) is 11.8 Å². The number of anilines is 1. The number of morpholine rings is 1. The van der Waals surface area contributed by atoms with E-state index in [4.69, 9.17) is 16.3 Å². The number of amides is 2. The Hall–Kier alpha value is -2.42. The fraction of sp³-hybridized carbons (Fsp3) is 0.389. The predicted octanol–water partition coefficient (Wildman–Crippen LogP) is 1.39. The van der Waals surface area contributed by atoms with E-state index in [-0.39, 0.29) is 17.5 Å². The number of carbonyl (C=O) groups is 2. The molecule has 1 aromatic carbocycles. The van der Waals surface area contributed by atoms with Crippen molar-refractivity contribution < 1.29 is 14.3 Å². The number of hydrogen-bond acceptors (Lipinski definition) is 5. The number of carbonyl (C=O) groups excluding carboxylic acids is 2. The third-order valence-electron chi connectivity index (χ3n) is 4.29. The summed E-state index contributed by atoms with van der Waals surface area (Å²) >= 11 is 6.04. The van der Waals surface area contributed by atoms with E-state index in [0.717, 1.165) is 32.8 Å². The van der Waals surface area contributed by atoms with Crippen LogP contribution in [0.5, 0.6) is 0 Å². The molecule has 1 aliphatic heterocycles. The summed E-state index contributed by atoms with van der Waals surface area (Å²) < 4.78 is 6.75. The smallest absolute Gasteiger partial charge is 0.271 e. The molecule has 27 heavy (non-hydrogen) atoms. The van der Waals surface area contributed by atoms with Crippen molar-refractivity contribution in [2.75, 3.05) is 44.7 Å². The van der Waals surface area contributed by atoms with Crippen LogP contribution in [0.3, 0.4) is 0 Å². The van der Waals surface area contributed by atoms with Crippen LogP contribution in [-0.4, -0.2) is 65.9 Å². The van der Waals surface area contributed by atoms with Gasteiger partial charge in [-0.2, -0.15) is 5.10 Å². The normalized spacial score (nSPS) is 14.7. The van der Waals surface area contributed by atoms with Crippen LogP contribution >= 0.6 is 11.6 Å². The molecule has 9 heteroatoms. The third kappa shape index (κ3) is 5.06. The van der Waals surface area contributed by atoms with E-state index >= 15 is 0 Å². The first-order valence-electron chi connectivity index (χ1n) is 8.73. The number of rotatable bonds is 6. The number of hydrogen-bond donors (Lipinski definition) is 2. The molecule has 0 atom stereocenters. The lowest BCUT2D eigenvalue weighted by Gasteiger charge is -2.26. The summed E-state index contributed by atoms with van der Waals surface area (Å²) in [6.45, 7) is 4.48. The summed E-state index contributed by atoms with van der Waals surface area (Å²) in [5.74, 6) is -0.224. The quantitative estimate of drug-likeness (QED) is 0.776. The lowest BCUT2D eigenvalue weighted by Crippen LogP contribution is -2.41. The zero-order valence-electron chi connectivity index (χ0n) is 15.1. The van der Waals surface area contributed by atoms with E-state index in [1.54, 1.807) is 37.4 Å². The van der Waals surface area contributed by atoms with Crippen LogP contribution in [-0.2, 0) is 11.8 Å². The largest absolute Gasteiger partial charge is 0.379 e. The average Bonchev–Trinajstić information content (AvgIpc) is 3.03. The van der Waals surface area contributed by atoms with E-state index in [2.05, 4.69) is 20.6 Å². The first-order chi connectivity index (χ1) is 13.0. The number of aromatic nitrogens is 2. The van der Waals surface area contributed by atoms with Gasteiger partial charge in [0.05, 0.1) is 23.8 Å². The number of ether oxygens (including phenoxy) is 1. The van der Waals surface area contributed by atoms with Gasteiger partial charge in [0.1, 0.15) is 5.82 Å². The van der Waals surface area contributed by atoms with Gasteiger partial charge in [-0.1, -0.05) is 23.7 Å². The standard InChI is InChI=1S/C18H22ClN5O3/c1-23-16(21-17(25)13-4-2-3-5-14(13)19)12-15(22-23)18(26)20-6-7-24-8-10-27-11-9-24/h2-5,12H,6-11H2,1H3,(H,20,26)(H,21,25). The first-order valence-corrected chi connectivity index (χ1v) is 9.10. The Balaban J connectivity index is 1.56. The number of halogens is 1. The molecular formula is C18H22ClN5O3. The summed E-state index contributed by atoms with van der Waals surface area (Å²) in [4.78, 5) is 26.9. The molecule has 3 rings (SSSR count). The van der Waals surface area contributed by atoms with Gasteiger partial charge in [0, 0.05) is 39.3 Å². The second-order valence-corrected chi connectivity index (χ2v) is 6.59. The Morgan fingerprint density at radius 1 is 1.22 bits per heavy atom. The summed E-state index contributed by atoms with van der Waals surface area (Å²) in [6, 6.07) is 8.30. The molecule has 2 amide bonds. The Kier molecular flexibility index (Phi) is 6.44. The van der Waals surface area contributed by atoms with Gasteiger partial charge in [-0.3, -0.25) is 19.2 Å². The number of aryl methyl sites for hydroxylation is 1. The van der Waals surface area contributed by atoms with E-state index in [1.165, 1.54) is 4.68 Å². The Bertz CT molecular complexity index is 817. The molecule has 2 aromatic rings. The number of nitrogens with one attached hydrogen (secondary N) is 2. The molecule has 0 spiro atoms. The van der Waals surface area contributed by atoms with Gasteiger partial charge in [0.2, 0.25) is 0 Å². The van der Waals surface area contributed by atoms with Crippen molar-refractivity contribution in [2.45, 2.75) is 0 Å². The van der Waals surface area contributed by atoms with E-state index in [1.807, 2.05) is 0 Å². The summed E-state index contributed by atoms with van der Waals surface area (Å²) in [6.07, 6.45) is 0. The van der Waals surface area contributed by atoms with Crippen molar-refractivity contribution in [1.29, 1.82) is 0 Å². The Labute approximate surface area is 162 Å². The molecular weight excluding hydrogens is 370 g/mol. The lowest BCUT2D eigenvalue weighted by molar-refractivity contribution is 0.0383. The predicted molar refractivity (Wildman–Crippen MR) is 102 cm³/mol. The van der Waals surface area contributed by atoms with Gasteiger partial charge in [-0.15, -0.1) is 0 Å². The maximum Gasteiger partial charge on any atom is 0.271 e. The van der Waals surface area contributed by atoms with Gasteiger partial charge >= 0.3 is 0 Å². The summed E-state index contributed by atoms with van der Waals surface area (Å²) in [5.41, 5.74) is 0.603. The molecule has 1 fully saturated rings. The summed E-state index contributed by atoms with van der Waals surface area (Å²) in [7, 11) is 1.66. The highest BCUT2D eigenvalue weighted by Crippen LogP contribution is 2.17. The van der Waals surface area contributed by atoms with Gasteiger partial charge in [-0.25, -0.2) is 0 Å². The molecule has 8 nitrogen and oxygen atoms in total. The van der Waals surface area contributed by atoms with Crippen LogP contribution < -0.4 is 10.6 Å². The molecule has 0 aliphatic carbocycles. The van der Waals surface area contributed by atoms with E-state index < -0.39 is 0 Å². The summed E-state index contributed by atoms with van der Waals surface area (Å²) in [5, 5.41) is 10.1. The molecule has 0 saturated carbocycles. The molecule has 1 aliphatic rings. The van der Waals surface area contributed by atoms with Crippen molar-refractivity contribution in [1.82, 2.24) is 20.0 Å². The SMILES string of the molecule is Cn1nc(C(=O)NCCN2CCOCC2)cc1NC(=O)c1ccccc1Cl. The van der Waals surface area contributed by atoms with Crippen LogP contribution in [0.2, 0.25) is 5.02 Å². The number of benzene rings is 1. The second kappa shape index (κ2) is 8.98. The number of nitrogens with zero attached hydrogens (tertiary/aromatic N) is 3.